The molecule has 0 aliphatic heterocycles. The molecular formula is C17H21NO3. The average Bonchev–Trinajstić information content (AvgIpc) is 2.90. The lowest BCUT2D eigenvalue weighted by atomic mass is 10.1. The van der Waals surface area contributed by atoms with E-state index in [-0.39, 0.29) is 5.91 Å². The third-order valence-corrected chi connectivity index (χ3v) is 3.33. The number of benzene rings is 1. The van der Waals surface area contributed by atoms with Crippen molar-refractivity contribution in [3.05, 3.63) is 53.0 Å². The van der Waals surface area contributed by atoms with Gasteiger partial charge in [-0.25, -0.2) is 0 Å². The zero-order valence-corrected chi connectivity index (χ0v) is 12.7. The summed E-state index contributed by atoms with van der Waals surface area (Å²) in [5, 5.41) is 2.91. The summed E-state index contributed by atoms with van der Waals surface area (Å²) in [6.07, 6.45) is 2.51. The smallest absolute Gasteiger partial charge is 0.255 e. The largest absolute Gasteiger partial charge is 0.494 e. The molecule has 1 aromatic heterocycles. The fourth-order valence-electron chi connectivity index (χ4n) is 2.07. The maximum absolute atomic E-state index is 12.0. The van der Waals surface area contributed by atoms with Gasteiger partial charge in [-0.2, -0.15) is 0 Å². The molecule has 2 rings (SSSR count). The average molecular weight is 287 g/mol. The van der Waals surface area contributed by atoms with Gasteiger partial charge < -0.3 is 14.5 Å². The van der Waals surface area contributed by atoms with E-state index in [1.165, 1.54) is 6.26 Å². The molecule has 1 heterocycles. The zero-order chi connectivity index (χ0) is 15.2. The summed E-state index contributed by atoms with van der Waals surface area (Å²) < 4.78 is 10.7. The minimum absolute atomic E-state index is 0.119. The highest BCUT2D eigenvalue weighted by Gasteiger charge is 2.11. The van der Waals surface area contributed by atoms with Gasteiger partial charge in [0.1, 0.15) is 11.5 Å². The third kappa shape index (κ3) is 3.88. The Hall–Kier alpha value is -2.23. The van der Waals surface area contributed by atoms with Crippen molar-refractivity contribution in [1.29, 1.82) is 0 Å². The predicted octanol–water partition coefficient (Wildman–Crippen LogP) is 3.62. The molecule has 1 amide bonds. The Morgan fingerprint density at radius 3 is 2.71 bits per heavy atom. The van der Waals surface area contributed by atoms with Gasteiger partial charge in [0.05, 0.1) is 18.4 Å². The normalized spacial score (nSPS) is 10.4. The second-order valence-electron chi connectivity index (χ2n) is 5.01. The van der Waals surface area contributed by atoms with Crippen LogP contribution in [0.2, 0.25) is 0 Å². The van der Waals surface area contributed by atoms with E-state index < -0.39 is 0 Å². The van der Waals surface area contributed by atoms with Gasteiger partial charge in [0.2, 0.25) is 0 Å². The van der Waals surface area contributed by atoms with Gasteiger partial charge in [-0.1, -0.05) is 13.0 Å². The number of carbonyl (C=O) groups excluding carboxylic acids is 1. The van der Waals surface area contributed by atoms with Gasteiger partial charge in [0.15, 0.2) is 0 Å². The minimum atomic E-state index is -0.119. The molecular weight excluding hydrogens is 266 g/mol. The van der Waals surface area contributed by atoms with Crippen LogP contribution in [-0.4, -0.2) is 12.5 Å². The van der Waals surface area contributed by atoms with Crippen molar-refractivity contribution in [2.45, 2.75) is 33.7 Å². The first-order valence-corrected chi connectivity index (χ1v) is 7.16. The molecule has 0 saturated heterocycles. The van der Waals surface area contributed by atoms with E-state index in [0.717, 1.165) is 29.9 Å². The van der Waals surface area contributed by atoms with E-state index >= 15 is 0 Å². The number of amides is 1. The third-order valence-electron chi connectivity index (χ3n) is 3.33. The molecule has 0 radical (unpaired) electrons. The van der Waals surface area contributed by atoms with Crippen LogP contribution in [0.5, 0.6) is 5.75 Å². The van der Waals surface area contributed by atoms with E-state index in [4.69, 9.17) is 9.15 Å². The lowest BCUT2D eigenvalue weighted by molar-refractivity contribution is 0.0949. The van der Waals surface area contributed by atoms with Crippen LogP contribution >= 0.6 is 0 Å². The van der Waals surface area contributed by atoms with Crippen molar-refractivity contribution in [3.8, 4) is 5.75 Å². The highest BCUT2D eigenvalue weighted by atomic mass is 16.5. The van der Waals surface area contributed by atoms with Gasteiger partial charge in [0.25, 0.3) is 5.91 Å². The molecule has 0 aliphatic rings. The van der Waals surface area contributed by atoms with Crippen LogP contribution in [-0.2, 0) is 6.54 Å². The summed E-state index contributed by atoms with van der Waals surface area (Å²) in [6.45, 7) is 7.08. The van der Waals surface area contributed by atoms with Crippen LogP contribution < -0.4 is 10.1 Å². The maximum atomic E-state index is 12.0. The topological polar surface area (TPSA) is 51.5 Å². The number of carbonyl (C=O) groups is 1. The Morgan fingerprint density at radius 2 is 2.10 bits per heavy atom. The molecule has 2 aromatic rings. The number of rotatable bonds is 6. The van der Waals surface area contributed by atoms with Crippen LogP contribution in [0, 0.1) is 13.8 Å². The van der Waals surface area contributed by atoms with Crippen LogP contribution in [0.3, 0.4) is 0 Å². The summed E-state index contributed by atoms with van der Waals surface area (Å²) in [4.78, 5) is 12.0. The first-order valence-electron chi connectivity index (χ1n) is 7.16. The second kappa shape index (κ2) is 6.97. The fraction of sp³-hybridized carbons (Fsp3) is 0.353. The molecule has 0 spiro atoms. The Labute approximate surface area is 125 Å². The van der Waals surface area contributed by atoms with Gasteiger partial charge >= 0.3 is 0 Å². The van der Waals surface area contributed by atoms with Crippen LogP contribution in [0.25, 0.3) is 0 Å². The molecule has 4 heteroatoms. The lowest BCUT2D eigenvalue weighted by Gasteiger charge is -2.10. The van der Waals surface area contributed by atoms with Crippen molar-refractivity contribution in [3.63, 3.8) is 0 Å². The molecule has 0 fully saturated rings. The summed E-state index contributed by atoms with van der Waals surface area (Å²) in [7, 11) is 0. The molecule has 21 heavy (non-hydrogen) atoms. The van der Waals surface area contributed by atoms with Gasteiger partial charge in [-0.05, 0) is 49.6 Å². The van der Waals surface area contributed by atoms with E-state index in [1.54, 1.807) is 13.0 Å². The molecule has 0 saturated carbocycles. The molecule has 0 aliphatic carbocycles. The minimum Gasteiger partial charge on any atom is -0.494 e. The monoisotopic (exact) mass is 287 g/mol. The van der Waals surface area contributed by atoms with Crippen molar-refractivity contribution in [2.24, 2.45) is 0 Å². The Morgan fingerprint density at radius 1 is 1.29 bits per heavy atom. The first-order chi connectivity index (χ1) is 10.1. The Kier molecular flexibility index (Phi) is 5.04. The number of nitrogens with one attached hydrogen (secondary N) is 1. The van der Waals surface area contributed by atoms with E-state index in [0.29, 0.717) is 17.9 Å². The number of furan rings is 1. The Bertz CT molecular complexity index is 616. The van der Waals surface area contributed by atoms with Gasteiger partial charge in [-0.15, -0.1) is 0 Å². The first kappa shape index (κ1) is 15.2. The number of aryl methyl sites for hydroxylation is 2. The van der Waals surface area contributed by atoms with E-state index in [2.05, 4.69) is 12.2 Å². The van der Waals surface area contributed by atoms with Crippen LogP contribution in [0.15, 0.2) is 34.9 Å². The van der Waals surface area contributed by atoms with Crippen LogP contribution in [0.1, 0.15) is 40.6 Å². The van der Waals surface area contributed by atoms with Crippen molar-refractivity contribution < 1.29 is 13.9 Å². The van der Waals surface area contributed by atoms with E-state index in [1.807, 2.05) is 25.1 Å². The summed E-state index contributed by atoms with van der Waals surface area (Å²) in [6, 6.07) is 7.61. The van der Waals surface area contributed by atoms with Gasteiger partial charge in [-0.3, -0.25) is 4.79 Å². The van der Waals surface area contributed by atoms with E-state index in [9.17, 15) is 4.79 Å². The lowest BCUT2D eigenvalue weighted by Crippen LogP contribution is -2.23. The van der Waals surface area contributed by atoms with Crippen LogP contribution in [0.4, 0.5) is 0 Å². The molecule has 0 unspecified atom stereocenters. The molecule has 0 bridgehead atoms. The summed E-state index contributed by atoms with van der Waals surface area (Å²) >= 11 is 0. The molecule has 112 valence electrons. The molecule has 4 nitrogen and oxygen atoms in total. The molecule has 1 N–H and O–H groups in total. The predicted molar refractivity (Wildman–Crippen MR) is 81.6 cm³/mol. The summed E-state index contributed by atoms with van der Waals surface area (Å²) in [5.74, 6) is 1.38. The molecule has 1 aromatic carbocycles. The standard InChI is InChI=1S/C17H21NO3/c1-4-8-21-15-6-5-14(12(2)10-15)11-18-17(19)16-7-9-20-13(16)3/h5-7,9-10H,4,8,11H2,1-3H3,(H,18,19). The number of ether oxygens (including phenoxy) is 1. The van der Waals surface area contributed by atoms with Crippen molar-refractivity contribution in [2.75, 3.05) is 6.61 Å². The number of hydrogen-bond donors (Lipinski definition) is 1. The zero-order valence-electron chi connectivity index (χ0n) is 12.7. The summed E-state index contributed by atoms with van der Waals surface area (Å²) in [5.41, 5.74) is 2.76. The molecule has 0 atom stereocenters. The number of hydrogen-bond acceptors (Lipinski definition) is 3. The highest BCUT2D eigenvalue weighted by molar-refractivity contribution is 5.94. The SMILES string of the molecule is CCCOc1ccc(CNC(=O)c2ccoc2C)c(C)c1. The van der Waals surface area contributed by atoms with Crippen molar-refractivity contribution >= 4 is 5.91 Å². The highest BCUT2D eigenvalue weighted by Crippen LogP contribution is 2.18. The van der Waals surface area contributed by atoms with Crippen molar-refractivity contribution in [1.82, 2.24) is 5.32 Å². The Balaban J connectivity index is 1.97. The fourth-order valence-corrected chi connectivity index (χ4v) is 2.07. The quantitative estimate of drug-likeness (QED) is 0.883. The van der Waals surface area contributed by atoms with Gasteiger partial charge in [0, 0.05) is 6.54 Å². The second-order valence-corrected chi connectivity index (χ2v) is 5.01. The maximum Gasteiger partial charge on any atom is 0.255 e.